The third kappa shape index (κ3) is 17.9. The summed E-state index contributed by atoms with van der Waals surface area (Å²) in [6.07, 6.45) is -0.915. The molecule has 0 spiro atoms. The van der Waals surface area contributed by atoms with Crippen molar-refractivity contribution < 1.29 is 39.7 Å². The van der Waals surface area contributed by atoms with Crippen LogP contribution in [-0.4, -0.2) is 96.7 Å². The fourth-order valence-electron chi connectivity index (χ4n) is 1.38. The number of ether oxygens (including phenoxy) is 3. The maximum atomic E-state index is 9.16. The zero-order chi connectivity index (χ0) is 15.9. The minimum atomic E-state index is -0.933. The molecule has 0 radical (unpaired) electrons. The van der Waals surface area contributed by atoms with Crippen molar-refractivity contribution in [2.45, 2.75) is 46.0 Å². The molecule has 2 unspecified atom stereocenters. The van der Waals surface area contributed by atoms with Crippen molar-refractivity contribution in [2.75, 3.05) is 52.9 Å². The molecule has 144 valence electrons. The van der Waals surface area contributed by atoms with E-state index in [1.54, 1.807) is 0 Å². The molecule has 0 aliphatic heterocycles. The third-order valence-corrected chi connectivity index (χ3v) is 2.56. The Labute approximate surface area is 139 Å². The molecule has 0 aromatic rings. The largest absolute Gasteiger partial charge is 0.396 e. The summed E-state index contributed by atoms with van der Waals surface area (Å²) in [6.45, 7) is 0.118. The lowest BCUT2D eigenvalue weighted by atomic mass is 10.3. The Morgan fingerprint density at radius 1 is 0.696 bits per heavy atom. The van der Waals surface area contributed by atoms with E-state index in [1.165, 1.54) is 0 Å². The van der Waals surface area contributed by atoms with Crippen LogP contribution in [0, 0.1) is 0 Å². The zero-order valence-electron chi connectivity index (χ0n) is 12.3. The molecule has 2 atom stereocenters. The van der Waals surface area contributed by atoms with Gasteiger partial charge in [0, 0.05) is 13.2 Å². The van der Waals surface area contributed by atoms with Gasteiger partial charge in [-0.05, 0) is 12.8 Å². The number of hydrogen-bond acceptors (Lipinski definition) is 8. The maximum Gasteiger partial charge on any atom is 0.104 e. The SMILES string of the molecule is C.C.OCCCCOC(COCC(O)CO)COCC(O)CO. The third-order valence-electron chi connectivity index (χ3n) is 2.56. The highest BCUT2D eigenvalue weighted by Crippen LogP contribution is 2.00. The molecule has 0 aromatic heterocycles. The minimum Gasteiger partial charge on any atom is -0.396 e. The monoisotopic (exact) mass is 344 g/mol. The van der Waals surface area contributed by atoms with Gasteiger partial charge in [-0.1, -0.05) is 14.9 Å². The average molecular weight is 344 g/mol. The number of aliphatic hydroxyl groups is 5. The second-order valence-electron chi connectivity index (χ2n) is 4.67. The van der Waals surface area contributed by atoms with Gasteiger partial charge in [-0.25, -0.2) is 0 Å². The van der Waals surface area contributed by atoms with Crippen LogP contribution < -0.4 is 0 Å². The lowest BCUT2D eigenvalue weighted by Gasteiger charge is -2.19. The first kappa shape index (κ1) is 27.5. The summed E-state index contributed by atoms with van der Waals surface area (Å²) in [7, 11) is 0. The number of hydrogen-bond donors (Lipinski definition) is 5. The summed E-state index contributed by atoms with van der Waals surface area (Å²) in [5.41, 5.74) is 0. The number of aliphatic hydroxyl groups excluding tert-OH is 5. The van der Waals surface area contributed by atoms with Crippen molar-refractivity contribution in [3.63, 3.8) is 0 Å². The molecule has 0 heterocycles. The van der Waals surface area contributed by atoms with Gasteiger partial charge in [0.05, 0.1) is 39.6 Å². The number of unbranched alkanes of at least 4 members (excludes halogenated alkanes) is 1. The molecular weight excluding hydrogens is 308 g/mol. The highest BCUT2D eigenvalue weighted by Gasteiger charge is 2.13. The Hall–Kier alpha value is -0.320. The van der Waals surface area contributed by atoms with E-state index in [2.05, 4.69) is 0 Å². The highest BCUT2D eigenvalue weighted by atomic mass is 16.6. The van der Waals surface area contributed by atoms with Gasteiger partial charge in [0.1, 0.15) is 18.3 Å². The van der Waals surface area contributed by atoms with E-state index in [1.807, 2.05) is 0 Å². The molecule has 0 saturated heterocycles. The molecule has 0 fully saturated rings. The molecule has 23 heavy (non-hydrogen) atoms. The quantitative estimate of drug-likeness (QED) is 0.243. The minimum absolute atomic E-state index is 0. The van der Waals surface area contributed by atoms with E-state index < -0.39 is 12.2 Å². The smallest absolute Gasteiger partial charge is 0.104 e. The van der Waals surface area contributed by atoms with Crippen molar-refractivity contribution in [1.82, 2.24) is 0 Å². The van der Waals surface area contributed by atoms with Gasteiger partial charge in [-0.2, -0.15) is 0 Å². The average Bonchev–Trinajstić information content (AvgIpc) is 2.50. The van der Waals surface area contributed by atoms with Crippen LogP contribution in [0.3, 0.4) is 0 Å². The Balaban J connectivity index is -0.00000200. The van der Waals surface area contributed by atoms with Gasteiger partial charge in [0.2, 0.25) is 0 Å². The van der Waals surface area contributed by atoms with E-state index in [9.17, 15) is 0 Å². The Morgan fingerprint density at radius 2 is 1.17 bits per heavy atom. The number of rotatable bonds is 15. The molecule has 8 heteroatoms. The highest BCUT2D eigenvalue weighted by molar-refractivity contribution is 4.59. The maximum absolute atomic E-state index is 9.16. The van der Waals surface area contributed by atoms with Gasteiger partial charge >= 0.3 is 0 Å². The van der Waals surface area contributed by atoms with Crippen molar-refractivity contribution in [2.24, 2.45) is 0 Å². The molecule has 0 aromatic carbocycles. The van der Waals surface area contributed by atoms with E-state index in [4.69, 9.17) is 39.7 Å². The summed E-state index contributed by atoms with van der Waals surface area (Å²) >= 11 is 0. The van der Waals surface area contributed by atoms with Gasteiger partial charge in [0.25, 0.3) is 0 Å². The van der Waals surface area contributed by atoms with Crippen LogP contribution in [0.4, 0.5) is 0 Å². The standard InChI is InChI=1S/C13H28O8.2CH4/c14-3-1-2-4-21-13(9-19-7-11(17)5-15)10-20-8-12(18)6-16;;/h11-18H,1-10H2;2*1H4. The van der Waals surface area contributed by atoms with Crippen LogP contribution in [0.25, 0.3) is 0 Å². The first-order valence-electron chi connectivity index (χ1n) is 7.09. The van der Waals surface area contributed by atoms with Crippen LogP contribution in [0.1, 0.15) is 27.7 Å². The van der Waals surface area contributed by atoms with Crippen LogP contribution in [0.5, 0.6) is 0 Å². The fraction of sp³-hybridized carbons (Fsp3) is 1.00. The van der Waals surface area contributed by atoms with E-state index >= 15 is 0 Å². The molecule has 0 aliphatic carbocycles. The normalized spacial score (nSPS) is 14.5. The Bertz CT molecular complexity index is 202. The summed E-state index contributed by atoms with van der Waals surface area (Å²) in [5, 5.41) is 44.3. The molecule has 0 saturated carbocycles. The van der Waals surface area contributed by atoms with E-state index in [-0.39, 0.29) is 67.2 Å². The lowest BCUT2D eigenvalue weighted by Crippen LogP contribution is -2.31. The van der Waals surface area contributed by atoms with Crippen molar-refractivity contribution in [3.8, 4) is 0 Å². The lowest BCUT2D eigenvalue weighted by molar-refractivity contribution is -0.0881. The fourth-order valence-corrected chi connectivity index (χ4v) is 1.38. The summed E-state index contributed by atoms with van der Waals surface area (Å²) in [4.78, 5) is 0. The van der Waals surface area contributed by atoms with Gasteiger partial charge in [-0.15, -0.1) is 0 Å². The van der Waals surface area contributed by atoms with Crippen LogP contribution in [0.15, 0.2) is 0 Å². The van der Waals surface area contributed by atoms with Crippen LogP contribution in [0.2, 0.25) is 0 Å². The predicted octanol–water partition coefficient (Wildman–Crippen LogP) is -0.844. The Kier molecular flexibility index (Phi) is 23.6. The molecule has 5 N–H and O–H groups in total. The van der Waals surface area contributed by atoms with Crippen molar-refractivity contribution >= 4 is 0 Å². The van der Waals surface area contributed by atoms with Crippen LogP contribution in [-0.2, 0) is 14.2 Å². The molecule has 0 rings (SSSR count). The van der Waals surface area contributed by atoms with Gasteiger partial charge < -0.3 is 39.7 Å². The van der Waals surface area contributed by atoms with Crippen molar-refractivity contribution in [1.29, 1.82) is 0 Å². The topological polar surface area (TPSA) is 129 Å². The molecular formula is C15H36O8. The summed E-state index contributed by atoms with van der Waals surface area (Å²) < 4.78 is 16.0. The van der Waals surface area contributed by atoms with Crippen molar-refractivity contribution in [3.05, 3.63) is 0 Å². The van der Waals surface area contributed by atoms with E-state index in [0.717, 1.165) is 0 Å². The zero-order valence-corrected chi connectivity index (χ0v) is 12.3. The predicted molar refractivity (Wildman–Crippen MR) is 87.3 cm³/mol. The second kappa shape index (κ2) is 19.7. The first-order chi connectivity index (χ1) is 10.1. The first-order valence-corrected chi connectivity index (χ1v) is 7.09. The van der Waals surface area contributed by atoms with Gasteiger partial charge in [0.15, 0.2) is 0 Å². The molecule has 0 bridgehead atoms. The van der Waals surface area contributed by atoms with Gasteiger partial charge in [-0.3, -0.25) is 0 Å². The van der Waals surface area contributed by atoms with Crippen LogP contribution >= 0.6 is 0 Å². The van der Waals surface area contributed by atoms with E-state index in [0.29, 0.717) is 19.4 Å². The summed E-state index contributed by atoms with van der Waals surface area (Å²) in [6, 6.07) is 0. The Morgan fingerprint density at radius 3 is 1.57 bits per heavy atom. The molecule has 8 nitrogen and oxygen atoms in total. The molecule has 0 amide bonds. The molecule has 0 aliphatic rings. The second-order valence-corrected chi connectivity index (χ2v) is 4.67. The summed E-state index contributed by atoms with van der Waals surface area (Å²) in [5.74, 6) is 0.